The lowest BCUT2D eigenvalue weighted by molar-refractivity contribution is 0.0979. The first kappa shape index (κ1) is 18.3. The summed E-state index contributed by atoms with van der Waals surface area (Å²) in [4.78, 5) is 12.3. The van der Waals surface area contributed by atoms with Crippen LogP contribution in [-0.4, -0.2) is 32.7 Å². The number of ketones is 1. The molecule has 3 N–H and O–H groups in total. The number of benzene rings is 2. The number of rotatable bonds is 10. The van der Waals surface area contributed by atoms with Gasteiger partial charge >= 0.3 is 0 Å². The van der Waals surface area contributed by atoms with Gasteiger partial charge in [-0.3, -0.25) is 4.79 Å². The van der Waals surface area contributed by atoms with Gasteiger partial charge in [0.2, 0.25) is 0 Å². The van der Waals surface area contributed by atoms with Crippen LogP contribution >= 0.6 is 0 Å². The van der Waals surface area contributed by atoms with Crippen molar-refractivity contribution in [3.63, 3.8) is 0 Å². The number of anilines is 2. The van der Waals surface area contributed by atoms with Crippen LogP contribution in [-0.2, 0) is 6.42 Å². The summed E-state index contributed by atoms with van der Waals surface area (Å²) in [5.41, 5.74) is 4.11. The van der Waals surface area contributed by atoms with E-state index in [1.54, 1.807) is 7.11 Å². The van der Waals surface area contributed by atoms with Crippen LogP contribution in [0.25, 0.3) is 0 Å². The lowest BCUT2D eigenvalue weighted by atomic mass is 10.0. The normalized spacial score (nSPS) is 12.2. The van der Waals surface area contributed by atoms with Gasteiger partial charge in [-0.25, -0.2) is 0 Å². The molecule has 26 heavy (non-hydrogen) atoms. The van der Waals surface area contributed by atoms with E-state index in [4.69, 9.17) is 4.74 Å². The summed E-state index contributed by atoms with van der Waals surface area (Å²) in [6.07, 6.45) is 3.45. The van der Waals surface area contributed by atoms with Crippen molar-refractivity contribution >= 4 is 17.2 Å². The van der Waals surface area contributed by atoms with Crippen molar-refractivity contribution in [2.75, 3.05) is 37.5 Å². The van der Waals surface area contributed by atoms with Crippen LogP contribution < -0.4 is 20.7 Å². The number of nitrogens with one attached hydrogen (secondary N) is 3. The molecule has 1 aliphatic heterocycles. The van der Waals surface area contributed by atoms with E-state index in [-0.39, 0.29) is 5.78 Å². The first-order valence-corrected chi connectivity index (χ1v) is 9.25. The van der Waals surface area contributed by atoms with E-state index in [1.807, 2.05) is 36.4 Å². The quantitative estimate of drug-likeness (QED) is 0.449. The van der Waals surface area contributed by atoms with Gasteiger partial charge in [-0.1, -0.05) is 18.2 Å². The van der Waals surface area contributed by atoms with Gasteiger partial charge in [-0.15, -0.1) is 0 Å². The Morgan fingerprint density at radius 1 is 1.08 bits per heavy atom. The van der Waals surface area contributed by atoms with E-state index in [0.29, 0.717) is 6.42 Å². The maximum atomic E-state index is 12.3. The molecule has 0 radical (unpaired) electrons. The Kier molecular flexibility index (Phi) is 6.50. The summed E-state index contributed by atoms with van der Waals surface area (Å²) in [5.74, 6) is 1.16. The zero-order valence-corrected chi connectivity index (χ0v) is 15.3. The number of hydrogen-bond acceptors (Lipinski definition) is 5. The molecule has 0 aromatic heterocycles. The lowest BCUT2D eigenvalue weighted by Crippen LogP contribution is -2.19. The second kappa shape index (κ2) is 9.25. The minimum Gasteiger partial charge on any atom is -0.496 e. The van der Waals surface area contributed by atoms with Gasteiger partial charge in [0.1, 0.15) is 5.75 Å². The number of hydrogen-bond donors (Lipinski definition) is 3. The molecular formula is C21H27N3O2. The minimum atomic E-state index is 0.218. The molecular weight excluding hydrogens is 326 g/mol. The molecule has 0 saturated heterocycles. The van der Waals surface area contributed by atoms with Gasteiger partial charge in [0.15, 0.2) is 5.78 Å². The molecule has 0 bridgehead atoms. The van der Waals surface area contributed by atoms with E-state index in [1.165, 1.54) is 5.56 Å². The second-order valence-corrected chi connectivity index (χ2v) is 6.48. The van der Waals surface area contributed by atoms with Crippen LogP contribution in [0.5, 0.6) is 5.75 Å². The fraction of sp³-hybridized carbons (Fsp3) is 0.381. The Balaban J connectivity index is 1.31. The topological polar surface area (TPSA) is 62.4 Å². The first-order valence-electron chi connectivity index (χ1n) is 9.25. The van der Waals surface area contributed by atoms with Crippen LogP contribution in [0, 0.1) is 0 Å². The zero-order chi connectivity index (χ0) is 18.2. The highest BCUT2D eigenvalue weighted by atomic mass is 16.5. The molecule has 0 atom stereocenters. The number of Topliss-reactive ketones (excluding diaryl/α,β-unsaturated/α-hetero) is 1. The number of carbonyl (C=O) groups is 1. The SMILES string of the molecule is COc1ccccc1CCNCCCCC(=O)c1ccc2c(c1)NCN2. The summed E-state index contributed by atoms with van der Waals surface area (Å²) < 4.78 is 5.36. The Bertz CT molecular complexity index is 746. The molecule has 2 aromatic carbocycles. The molecule has 5 heteroatoms. The predicted octanol–water partition coefficient (Wildman–Crippen LogP) is 3.68. The van der Waals surface area contributed by atoms with Crippen LogP contribution in [0.15, 0.2) is 42.5 Å². The van der Waals surface area contributed by atoms with Crippen LogP contribution in [0.4, 0.5) is 11.4 Å². The van der Waals surface area contributed by atoms with E-state index in [0.717, 1.165) is 61.7 Å². The van der Waals surface area contributed by atoms with Crippen molar-refractivity contribution in [3.8, 4) is 5.75 Å². The number of fused-ring (bicyclic) bond motifs is 1. The number of carbonyl (C=O) groups excluding carboxylic acids is 1. The Morgan fingerprint density at radius 2 is 1.92 bits per heavy atom. The highest BCUT2D eigenvalue weighted by Gasteiger charge is 2.12. The summed E-state index contributed by atoms with van der Waals surface area (Å²) >= 11 is 0. The summed E-state index contributed by atoms with van der Waals surface area (Å²) in [6, 6.07) is 13.9. The Morgan fingerprint density at radius 3 is 2.81 bits per heavy atom. The molecule has 5 nitrogen and oxygen atoms in total. The third-order valence-electron chi connectivity index (χ3n) is 4.67. The number of para-hydroxylation sites is 1. The predicted molar refractivity (Wildman–Crippen MR) is 106 cm³/mol. The molecule has 0 spiro atoms. The monoisotopic (exact) mass is 353 g/mol. The highest BCUT2D eigenvalue weighted by Crippen LogP contribution is 2.27. The number of unbranched alkanes of at least 4 members (excludes halogenated alkanes) is 1. The summed E-state index contributed by atoms with van der Waals surface area (Å²) in [6.45, 7) is 2.57. The minimum absolute atomic E-state index is 0.218. The average molecular weight is 353 g/mol. The third-order valence-corrected chi connectivity index (χ3v) is 4.67. The van der Waals surface area contributed by atoms with Crippen molar-refractivity contribution in [1.82, 2.24) is 5.32 Å². The molecule has 0 fully saturated rings. The smallest absolute Gasteiger partial charge is 0.162 e. The molecule has 3 rings (SSSR count). The first-order chi connectivity index (χ1) is 12.8. The van der Waals surface area contributed by atoms with Gasteiger partial charge in [0.05, 0.1) is 25.2 Å². The van der Waals surface area contributed by atoms with E-state index in [9.17, 15) is 4.79 Å². The standard InChI is InChI=1S/C21H27N3O2/c1-26-21-8-3-2-6-16(21)11-13-22-12-5-4-7-20(25)17-9-10-18-19(14-17)24-15-23-18/h2-3,6,8-10,14,22-24H,4-5,7,11-13,15H2,1H3. The fourth-order valence-corrected chi connectivity index (χ4v) is 3.19. The second-order valence-electron chi connectivity index (χ2n) is 6.48. The Labute approximate surface area is 155 Å². The lowest BCUT2D eigenvalue weighted by Gasteiger charge is -2.09. The van der Waals surface area contributed by atoms with Crippen molar-refractivity contribution in [3.05, 3.63) is 53.6 Å². The van der Waals surface area contributed by atoms with Gasteiger partial charge < -0.3 is 20.7 Å². The molecule has 2 aromatic rings. The van der Waals surface area contributed by atoms with Crippen molar-refractivity contribution in [1.29, 1.82) is 0 Å². The van der Waals surface area contributed by atoms with Gasteiger partial charge in [0.25, 0.3) is 0 Å². The van der Waals surface area contributed by atoms with Gasteiger partial charge in [-0.2, -0.15) is 0 Å². The van der Waals surface area contributed by atoms with Gasteiger partial charge in [-0.05, 0) is 62.2 Å². The number of methoxy groups -OCH3 is 1. The molecule has 0 aliphatic carbocycles. The maximum absolute atomic E-state index is 12.3. The summed E-state index contributed by atoms with van der Waals surface area (Å²) in [5, 5.41) is 9.89. The van der Waals surface area contributed by atoms with Crippen LogP contribution in [0.2, 0.25) is 0 Å². The van der Waals surface area contributed by atoms with E-state index in [2.05, 4.69) is 22.0 Å². The van der Waals surface area contributed by atoms with E-state index < -0.39 is 0 Å². The van der Waals surface area contributed by atoms with Crippen LogP contribution in [0.3, 0.4) is 0 Å². The largest absolute Gasteiger partial charge is 0.496 e. The highest BCUT2D eigenvalue weighted by molar-refractivity contribution is 5.98. The molecule has 1 aliphatic rings. The molecule has 0 unspecified atom stereocenters. The van der Waals surface area contributed by atoms with Crippen molar-refractivity contribution < 1.29 is 9.53 Å². The summed E-state index contributed by atoms with van der Waals surface area (Å²) in [7, 11) is 1.71. The van der Waals surface area contributed by atoms with Crippen molar-refractivity contribution in [2.24, 2.45) is 0 Å². The third kappa shape index (κ3) is 4.76. The van der Waals surface area contributed by atoms with Crippen LogP contribution in [0.1, 0.15) is 35.2 Å². The molecule has 0 amide bonds. The zero-order valence-electron chi connectivity index (χ0n) is 15.3. The fourth-order valence-electron chi connectivity index (χ4n) is 3.19. The molecule has 1 heterocycles. The number of ether oxygens (including phenoxy) is 1. The maximum Gasteiger partial charge on any atom is 0.162 e. The molecule has 138 valence electrons. The Hall–Kier alpha value is -2.53. The van der Waals surface area contributed by atoms with Gasteiger partial charge in [0, 0.05) is 12.0 Å². The van der Waals surface area contributed by atoms with Crippen molar-refractivity contribution in [2.45, 2.75) is 25.7 Å². The van der Waals surface area contributed by atoms with E-state index >= 15 is 0 Å². The molecule has 0 saturated carbocycles. The average Bonchev–Trinajstić information content (AvgIpc) is 3.15.